The third-order valence-corrected chi connectivity index (χ3v) is 4.33. The fourth-order valence-electron chi connectivity index (χ4n) is 2.94. The second-order valence-corrected chi connectivity index (χ2v) is 6.47. The van der Waals surface area contributed by atoms with Crippen molar-refractivity contribution >= 4 is 28.4 Å². The zero-order valence-electron chi connectivity index (χ0n) is 15.4. The fourth-order valence-corrected chi connectivity index (χ4v) is 2.94. The number of hydrogen-bond acceptors (Lipinski definition) is 5. The van der Waals surface area contributed by atoms with Crippen LogP contribution in [0.4, 0.5) is 11.6 Å². The van der Waals surface area contributed by atoms with Gasteiger partial charge in [-0.1, -0.05) is 48.0 Å². The van der Waals surface area contributed by atoms with Gasteiger partial charge in [-0.05, 0) is 24.6 Å². The van der Waals surface area contributed by atoms with E-state index in [0.717, 1.165) is 16.5 Å². The highest BCUT2D eigenvalue weighted by Gasteiger charge is 2.10. The molecule has 2 N–H and O–H groups in total. The van der Waals surface area contributed by atoms with Crippen molar-refractivity contribution in [3.8, 4) is 0 Å². The molecule has 0 aliphatic heterocycles. The summed E-state index contributed by atoms with van der Waals surface area (Å²) in [7, 11) is 0. The standard InChI is InChI=1S/C22H19N5O/c1-15-5-2-6-16(11-15)12-24-22-25-13-18(14-26-22)21(28)27-19-9-3-7-17-8-4-10-23-20(17)19/h2-11,13-14H,12H2,1H3,(H,27,28)(H,24,25,26). The van der Waals surface area contributed by atoms with E-state index in [1.165, 1.54) is 18.0 Å². The normalized spacial score (nSPS) is 10.6. The van der Waals surface area contributed by atoms with Crippen LogP contribution in [0.2, 0.25) is 0 Å². The molecule has 0 spiro atoms. The first-order valence-corrected chi connectivity index (χ1v) is 8.95. The smallest absolute Gasteiger partial charge is 0.258 e. The topological polar surface area (TPSA) is 79.8 Å². The summed E-state index contributed by atoms with van der Waals surface area (Å²) in [5, 5.41) is 7.01. The van der Waals surface area contributed by atoms with Crippen molar-refractivity contribution in [3.63, 3.8) is 0 Å². The second-order valence-electron chi connectivity index (χ2n) is 6.47. The monoisotopic (exact) mass is 369 g/mol. The van der Waals surface area contributed by atoms with Crippen LogP contribution in [-0.4, -0.2) is 20.9 Å². The maximum atomic E-state index is 12.5. The summed E-state index contributed by atoms with van der Waals surface area (Å²) in [5.41, 5.74) is 4.14. The summed E-state index contributed by atoms with van der Waals surface area (Å²) >= 11 is 0. The van der Waals surface area contributed by atoms with Crippen molar-refractivity contribution in [1.29, 1.82) is 0 Å². The van der Waals surface area contributed by atoms with Gasteiger partial charge in [-0.2, -0.15) is 0 Å². The SMILES string of the molecule is Cc1cccc(CNc2ncc(C(=O)Nc3cccc4cccnc34)cn2)c1. The maximum absolute atomic E-state index is 12.5. The molecule has 0 aliphatic carbocycles. The third kappa shape index (κ3) is 3.96. The van der Waals surface area contributed by atoms with Crippen molar-refractivity contribution in [2.24, 2.45) is 0 Å². The van der Waals surface area contributed by atoms with E-state index in [4.69, 9.17) is 0 Å². The quantitative estimate of drug-likeness (QED) is 0.551. The highest BCUT2D eigenvalue weighted by molar-refractivity contribution is 6.08. The number of aromatic nitrogens is 3. The molecular formula is C22H19N5O. The van der Waals surface area contributed by atoms with Crippen LogP contribution >= 0.6 is 0 Å². The average Bonchev–Trinajstić information content (AvgIpc) is 2.73. The minimum absolute atomic E-state index is 0.275. The van der Waals surface area contributed by atoms with Crippen LogP contribution in [0.5, 0.6) is 0 Å². The lowest BCUT2D eigenvalue weighted by atomic mass is 10.1. The molecule has 2 aromatic heterocycles. The third-order valence-electron chi connectivity index (χ3n) is 4.33. The highest BCUT2D eigenvalue weighted by Crippen LogP contribution is 2.21. The number of nitrogens with zero attached hydrogens (tertiary/aromatic N) is 3. The summed E-state index contributed by atoms with van der Waals surface area (Å²) in [6, 6.07) is 17.7. The summed E-state index contributed by atoms with van der Waals surface area (Å²) in [6.07, 6.45) is 4.73. The number of carbonyl (C=O) groups is 1. The fraction of sp³-hybridized carbons (Fsp3) is 0.0909. The van der Waals surface area contributed by atoms with Gasteiger partial charge in [-0.15, -0.1) is 0 Å². The Morgan fingerprint density at radius 3 is 2.57 bits per heavy atom. The van der Waals surface area contributed by atoms with E-state index >= 15 is 0 Å². The zero-order chi connectivity index (χ0) is 19.3. The molecular weight excluding hydrogens is 350 g/mol. The van der Waals surface area contributed by atoms with Gasteiger partial charge in [0.15, 0.2) is 0 Å². The Morgan fingerprint density at radius 1 is 0.964 bits per heavy atom. The Morgan fingerprint density at radius 2 is 1.75 bits per heavy atom. The Kier molecular flexibility index (Phi) is 4.93. The number of pyridine rings is 1. The van der Waals surface area contributed by atoms with Crippen LogP contribution in [-0.2, 0) is 6.54 Å². The molecule has 0 radical (unpaired) electrons. The molecule has 1 amide bonds. The molecule has 0 atom stereocenters. The number of anilines is 2. The maximum Gasteiger partial charge on any atom is 0.258 e. The van der Waals surface area contributed by atoms with Crippen molar-refractivity contribution in [3.05, 3.63) is 89.9 Å². The predicted molar refractivity (Wildman–Crippen MR) is 110 cm³/mol. The average molecular weight is 369 g/mol. The van der Waals surface area contributed by atoms with Gasteiger partial charge in [0.25, 0.3) is 5.91 Å². The molecule has 0 bridgehead atoms. The second kappa shape index (κ2) is 7.84. The molecule has 2 heterocycles. The van der Waals surface area contributed by atoms with Crippen LogP contribution in [0.25, 0.3) is 10.9 Å². The van der Waals surface area contributed by atoms with E-state index < -0.39 is 0 Å². The minimum atomic E-state index is -0.275. The van der Waals surface area contributed by atoms with E-state index in [2.05, 4.69) is 44.6 Å². The van der Waals surface area contributed by atoms with Crippen LogP contribution in [0, 0.1) is 6.92 Å². The molecule has 0 unspecified atom stereocenters. The van der Waals surface area contributed by atoms with E-state index in [9.17, 15) is 4.79 Å². The van der Waals surface area contributed by atoms with Crippen molar-refractivity contribution < 1.29 is 4.79 Å². The van der Waals surface area contributed by atoms with Gasteiger partial charge in [0.05, 0.1) is 16.8 Å². The molecule has 0 saturated heterocycles. The first-order valence-electron chi connectivity index (χ1n) is 8.95. The lowest BCUT2D eigenvalue weighted by Crippen LogP contribution is -2.14. The lowest BCUT2D eigenvalue weighted by molar-refractivity contribution is 0.102. The van der Waals surface area contributed by atoms with Crippen LogP contribution in [0.1, 0.15) is 21.5 Å². The largest absolute Gasteiger partial charge is 0.350 e. The van der Waals surface area contributed by atoms with E-state index in [1.807, 2.05) is 42.5 Å². The predicted octanol–water partition coefficient (Wildman–Crippen LogP) is 4.20. The van der Waals surface area contributed by atoms with Crippen molar-refractivity contribution in [2.75, 3.05) is 10.6 Å². The minimum Gasteiger partial charge on any atom is -0.350 e. The molecule has 4 rings (SSSR count). The molecule has 138 valence electrons. The number of rotatable bonds is 5. The number of nitrogens with one attached hydrogen (secondary N) is 2. The molecule has 4 aromatic rings. The highest BCUT2D eigenvalue weighted by atomic mass is 16.1. The summed E-state index contributed by atoms with van der Waals surface area (Å²) < 4.78 is 0. The molecule has 6 nitrogen and oxygen atoms in total. The van der Waals surface area contributed by atoms with Gasteiger partial charge < -0.3 is 10.6 Å². The zero-order valence-corrected chi connectivity index (χ0v) is 15.4. The number of aryl methyl sites for hydroxylation is 1. The van der Waals surface area contributed by atoms with E-state index in [0.29, 0.717) is 23.7 Å². The summed E-state index contributed by atoms with van der Waals surface area (Å²) in [4.78, 5) is 25.4. The Labute approximate surface area is 162 Å². The first kappa shape index (κ1) is 17.6. The van der Waals surface area contributed by atoms with E-state index in [1.54, 1.807) is 6.20 Å². The van der Waals surface area contributed by atoms with Crippen LogP contribution in [0.3, 0.4) is 0 Å². The number of para-hydroxylation sites is 1. The Hall–Kier alpha value is -3.80. The molecule has 6 heteroatoms. The first-order chi connectivity index (χ1) is 13.7. The van der Waals surface area contributed by atoms with Crippen molar-refractivity contribution in [2.45, 2.75) is 13.5 Å². The van der Waals surface area contributed by atoms with Gasteiger partial charge in [0.1, 0.15) is 0 Å². The molecule has 0 saturated carbocycles. The number of amides is 1. The molecule has 0 aliphatic rings. The Bertz CT molecular complexity index is 1120. The molecule has 28 heavy (non-hydrogen) atoms. The van der Waals surface area contributed by atoms with Crippen LogP contribution in [0.15, 0.2) is 73.2 Å². The number of benzene rings is 2. The van der Waals surface area contributed by atoms with Gasteiger partial charge in [-0.25, -0.2) is 9.97 Å². The number of fused-ring (bicyclic) bond motifs is 1. The number of hydrogen-bond donors (Lipinski definition) is 2. The number of carbonyl (C=O) groups excluding carboxylic acids is 1. The van der Waals surface area contributed by atoms with Crippen molar-refractivity contribution in [1.82, 2.24) is 15.0 Å². The Balaban J connectivity index is 1.44. The van der Waals surface area contributed by atoms with E-state index in [-0.39, 0.29) is 5.91 Å². The van der Waals surface area contributed by atoms with Gasteiger partial charge in [0.2, 0.25) is 5.95 Å². The summed E-state index contributed by atoms with van der Waals surface area (Å²) in [6.45, 7) is 2.67. The van der Waals surface area contributed by atoms with Gasteiger partial charge in [-0.3, -0.25) is 9.78 Å². The summed E-state index contributed by atoms with van der Waals surface area (Å²) in [5.74, 6) is 0.202. The molecule has 2 aromatic carbocycles. The van der Waals surface area contributed by atoms with Gasteiger partial charge in [0, 0.05) is 30.5 Å². The van der Waals surface area contributed by atoms with Gasteiger partial charge >= 0.3 is 0 Å². The molecule has 0 fully saturated rings. The lowest BCUT2D eigenvalue weighted by Gasteiger charge is -2.09. The van der Waals surface area contributed by atoms with Crippen LogP contribution < -0.4 is 10.6 Å².